The van der Waals surface area contributed by atoms with E-state index in [0.29, 0.717) is 16.8 Å². The van der Waals surface area contributed by atoms with Crippen LogP contribution in [0.15, 0.2) is 36.4 Å². The fraction of sp³-hybridized carbons (Fsp3) is 0.286. The summed E-state index contributed by atoms with van der Waals surface area (Å²) in [5.74, 6) is -3.06. The normalized spacial score (nSPS) is 19.6. The van der Waals surface area contributed by atoms with Crippen LogP contribution in [0.1, 0.15) is 40.4 Å². The van der Waals surface area contributed by atoms with Crippen molar-refractivity contribution in [1.82, 2.24) is 10.6 Å². The Balaban J connectivity index is 1.51. The predicted octanol–water partition coefficient (Wildman–Crippen LogP) is 2.11. The lowest BCUT2D eigenvalue weighted by Crippen LogP contribution is -2.34. The molecule has 0 spiro atoms. The van der Waals surface area contributed by atoms with Gasteiger partial charge in [-0.3, -0.25) is 9.59 Å². The molecule has 1 fully saturated rings. The maximum Gasteiger partial charge on any atom is 0.319 e. The number of phenolic OH excluding ortho intramolecular Hbond substituents is 2. The largest absolute Gasteiger partial charge is 0.508 e. The van der Waals surface area contributed by atoms with Crippen molar-refractivity contribution < 1.29 is 29.7 Å². The third-order valence-corrected chi connectivity index (χ3v) is 5.37. The van der Waals surface area contributed by atoms with E-state index in [0.717, 1.165) is 12.8 Å². The first-order chi connectivity index (χ1) is 14.3. The number of aromatic hydroxyl groups is 2. The highest BCUT2D eigenvalue weighted by Gasteiger charge is 2.40. The molecule has 0 unspecified atom stereocenters. The number of carbonyl (C=O) groups excluding carboxylic acids is 2. The quantitative estimate of drug-likeness (QED) is 0.444. The van der Waals surface area contributed by atoms with Crippen LogP contribution >= 0.6 is 0 Å². The van der Waals surface area contributed by atoms with Crippen LogP contribution in [-0.2, 0) is 11.2 Å². The average molecular weight is 411 g/mol. The minimum absolute atomic E-state index is 0.0155. The van der Waals surface area contributed by atoms with E-state index in [1.807, 2.05) is 0 Å². The SMILES string of the molecule is O=C(Nc1ccc(C(=O)N[C@H]2c3cccc(O)c3C[C@H]2C(=O)O)c(O)c1)NC1CC1. The van der Waals surface area contributed by atoms with E-state index < -0.39 is 23.8 Å². The Bertz CT molecular complexity index is 1030. The van der Waals surface area contributed by atoms with Crippen LogP contribution in [-0.4, -0.2) is 39.3 Å². The van der Waals surface area contributed by atoms with Gasteiger partial charge in [0, 0.05) is 23.4 Å². The van der Waals surface area contributed by atoms with Crippen molar-refractivity contribution in [1.29, 1.82) is 0 Å². The van der Waals surface area contributed by atoms with E-state index in [1.54, 1.807) is 12.1 Å². The number of carboxylic acids is 1. The summed E-state index contributed by atoms with van der Waals surface area (Å²) in [5, 5.41) is 37.8. The number of benzene rings is 2. The summed E-state index contributed by atoms with van der Waals surface area (Å²) in [4.78, 5) is 36.2. The molecule has 2 aliphatic rings. The first-order valence-electron chi connectivity index (χ1n) is 9.58. The number of hydrogen-bond donors (Lipinski definition) is 6. The zero-order valence-corrected chi connectivity index (χ0v) is 15.9. The van der Waals surface area contributed by atoms with E-state index in [2.05, 4.69) is 16.0 Å². The predicted molar refractivity (Wildman–Crippen MR) is 106 cm³/mol. The average Bonchev–Trinajstić information content (AvgIpc) is 3.41. The van der Waals surface area contributed by atoms with E-state index in [4.69, 9.17) is 0 Å². The van der Waals surface area contributed by atoms with Crippen LogP contribution < -0.4 is 16.0 Å². The molecule has 0 bridgehead atoms. The number of hydrogen-bond acceptors (Lipinski definition) is 5. The maximum atomic E-state index is 12.7. The molecule has 2 aromatic carbocycles. The van der Waals surface area contributed by atoms with Crippen LogP contribution in [0, 0.1) is 5.92 Å². The van der Waals surface area contributed by atoms with Crippen LogP contribution in [0.2, 0.25) is 0 Å². The Labute approximate surface area is 171 Å². The molecule has 0 aromatic heterocycles. The van der Waals surface area contributed by atoms with Gasteiger partial charge in [0.25, 0.3) is 5.91 Å². The number of urea groups is 1. The summed E-state index contributed by atoms with van der Waals surface area (Å²) in [6, 6.07) is 7.74. The summed E-state index contributed by atoms with van der Waals surface area (Å²) >= 11 is 0. The molecule has 9 nitrogen and oxygen atoms in total. The first kappa shape index (κ1) is 19.6. The van der Waals surface area contributed by atoms with Crippen LogP contribution in [0.4, 0.5) is 10.5 Å². The molecule has 2 aromatic rings. The van der Waals surface area contributed by atoms with Gasteiger partial charge in [-0.05, 0) is 43.0 Å². The Kier molecular flexibility index (Phi) is 4.94. The molecule has 0 saturated heterocycles. The maximum absolute atomic E-state index is 12.7. The minimum Gasteiger partial charge on any atom is -0.508 e. The summed E-state index contributed by atoms with van der Waals surface area (Å²) in [6.07, 6.45) is 1.97. The van der Waals surface area contributed by atoms with Gasteiger partial charge in [0.15, 0.2) is 0 Å². The van der Waals surface area contributed by atoms with Crippen molar-refractivity contribution in [3.63, 3.8) is 0 Å². The highest BCUT2D eigenvalue weighted by Crippen LogP contribution is 2.40. The second-order valence-electron chi connectivity index (χ2n) is 7.55. The molecule has 30 heavy (non-hydrogen) atoms. The van der Waals surface area contributed by atoms with Crippen molar-refractivity contribution in [2.45, 2.75) is 31.3 Å². The fourth-order valence-corrected chi connectivity index (χ4v) is 3.67. The molecule has 4 rings (SSSR count). The Morgan fingerprint density at radius 1 is 0.967 bits per heavy atom. The Morgan fingerprint density at radius 3 is 2.40 bits per heavy atom. The highest BCUT2D eigenvalue weighted by molar-refractivity contribution is 5.99. The van der Waals surface area contributed by atoms with Gasteiger partial charge in [-0.25, -0.2) is 4.79 Å². The van der Waals surface area contributed by atoms with Gasteiger partial charge in [-0.2, -0.15) is 0 Å². The number of anilines is 1. The summed E-state index contributed by atoms with van der Waals surface area (Å²) < 4.78 is 0. The van der Waals surface area contributed by atoms with Crippen molar-refractivity contribution in [3.05, 3.63) is 53.1 Å². The van der Waals surface area contributed by atoms with E-state index in [-0.39, 0.29) is 35.6 Å². The Hall–Kier alpha value is -3.75. The molecule has 0 heterocycles. The van der Waals surface area contributed by atoms with Crippen molar-refractivity contribution in [3.8, 4) is 11.5 Å². The summed E-state index contributed by atoms with van der Waals surface area (Å²) in [6.45, 7) is 0. The third kappa shape index (κ3) is 3.86. The van der Waals surface area contributed by atoms with Crippen LogP contribution in [0.5, 0.6) is 11.5 Å². The molecule has 6 N–H and O–H groups in total. The molecule has 1 saturated carbocycles. The molecule has 156 valence electrons. The van der Waals surface area contributed by atoms with Gasteiger partial charge in [0.1, 0.15) is 11.5 Å². The van der Waals surface area contributed by atoms with Gasteiger partial charge < -0.3 is 31.3 Å². The van der Waals surface area contributed by atoms with E-state index >= 15 is 0 Å². The summed E-state index contributed by atoms with van der Waals surface area (Å²) in [5.41, 5.74) is 1.29. The van der Waals surface area contributed by atoms with Crippen LogP contribution in [0.3, 0.4) is 0 Å². The van der Waals surface area contributed by atoms with Crippen LogP contribution in [0.25, 0.3) is 0 Å². The molecular formula is C21H21N3O6. The lowest BCUT2D eigenvalue weighted by molar-refractivity contribution is -0.142. The molecule has 0 aliphatic heterocycles. The number of amides is 3. The Morgan fingerprint density at radius 2 is 1.73 bits per heavy atom. The number of rotatable bonds is 5. The number of fused-ring (bicyclic) bond motifs is 1. The molecular weight excluding hydrogens is 390 g/mol. The van der Waals surface area contributed by atoms with Crippen molar-refractivity contribution in [2.75, 3.05) is 5.32 Å². The van der Waals surface area contributed by atoms with Gasteiger partial charge in [-0.15, -0.1) is 0 Å². The van der Waals surface area contributed by atoms with E-state index in [1.165, 1.54) is 24.3 Å². The minimum atomic E-state index is -1.10. The molecule has 2 atom stereocenters. The highest BCUT2D eigenvalue weighted by atomic mass is 16.4. The summed E-state index contributed by atoms with van der Waals surface area (Å²) in [7, 11) is 0. The van der Waals surface area contributed by atoms with Crippen molar-refractivity contribution in [2.24, 2.45) is 5.92 Å². The number of phenols is 2. The lowest BCUT2D eigenvalue weighted by Gasteiger charge is -2.19. The van der Waals surface area contributed by atoms with Crippen molar-refractivity contribution >= 4 is 23.6 Å². The molecule has 0 radical (unpaired) electrons. The smallest absolute Gasteiger partial charge is 0.319 e. The standard InChI is InChI=1S/C21H21N3O6/c25-16-3-1-2-12-14(16)9-15(20(28)29)18(12)24-19(27)13-7-6-11(8-17(13)26)23-21(30)22-10-4-5-10/h1-3,6-8,10,15,18,25-26H,4-5,9H2,(H,24,27)(H,28,29)(H2,22,23,30)/t15-,18+/m1/s1. The number of aliphatic carboxylic acids is 1. The molecule has 3 amide bonds. The monoisotopic (exact) mass is 411 g/mol. The zero-order chi connectivity index (χ0) is 21.4. The number of carboxylic acid groups (broad SMARTS) is 1. The van der Waals surface area contributed by atoms with Gasteiger partial charge in [0.2, 0.25) is 0 Å². The number of carbonyl (C=O) groups is 3. The van der Waals surface area contributed by atoms with Gasteiger partial charge in [-0.1, -0.05) is 12.1 Å². The van der Waals surface area contributed by atoms with Gasteiger partial charge in [0.05, 0.1) is 17.5 Å². The lowest BCUT2D eigenvalue weighted by atomic mass is 10.00. The molecule has 9 heteroatoms. The third-order valence-electron chi connectivity index (χ3n) is 5.37. The number of nitrogens with one attached hydrogen (secondary N) is 3. The van der Waals surface area contributed by atoms with E-state index in [9.17, 15) is 29.7 Å². The first-order valence-corrected chi connectivity index (χ1v) is 9.58. The second-order valence-corrected chi connectivity index (χ2v) is 7.55. The fourth-order valence-electron chi connectivity index (χ4n) is 3.67. The molecule has 2 aliphatic carbocycles. The topological polar surface area (TPSA) is 148 Å². The zero-order valence-electron chi connectivity index (χ0n) is 15.9. The second kappa shape index (κ2) is 7.58. The van der Waals surface area contributed by atoms with Gasteiger partial charge >= 0.3 is 12.0 Å².